The van der Waals surface area contributed by atoms with Crippen LogP contribution in [0.4, 0.5) is 10.1 Å². The van der Waals surface area contributed by atoms with Gasteiger partial charge in [0.05, 0.1) is 5.41 Å². The molecule has 0 unspecified atom stereocenters. The first-order valence-electron chi connectivity index (χ1n) is 10.5. The van der Waals surface area contributed by atoms with Gasteiger partial charge in [0, 0.05) is 45.0 Å². The summed E-state index contributed by atoms with van der Waals surface area (Å²) >= 11 is 0. The van der Waals surface area contributed by atoms with E-state index in [2.05, 4.69) is 0 Å². The number of carbonyl (C=O) groups is 2. The SMILES string of the molecule is O=C(CC1CCOCC1)N1CCC2(CCCN(c3ccc(F)cc3)C2=O)CC1. The number of halogens is 1. The number of amides is 2. The van der Waals surface area contributed by atoms with Gasteiger partial charge in [0.15, 0.2) is 0 Å². The van der Waals surface area contributed by atoms with E-state index in [0.717, 1.165) is 57.4 Å². The zero-order valence-electron chi connectivity index (χ0n) is 16.4. The molecule has 28 heavy (non-hydrogen) atoms. The highest BCUT2D eigenvalue weighted by Crippen LogP contribution is 2.42. The van der Waals surface area contributed by atoms with Crippen molar-refractivity contribution < 1.29 is 18.7 Å². The fraction of sp³-hybridized carbons (Fsp3) is 0.636. The van der Waals surface area contributed by atoms with Crippen molar-refractivity contribution in [3.05, 3.63) is 30.1 Å². The lowest BCUT2D eigenvalue weighted by Gasteiger charge is -2.46. The van der Waals surface area contributed by atoms with Crippen molar-refractivity contribution in [3.8, 4) is 0 Å². The molecule has 4 rings (SSSR count). The Morgan fingerprint density at radius 1 is 1.07 bits per heavy atom. The van der Waals surface area contributed by atoms with Gasteiger partial charge in [-0.25, -0.2) is 4.39 Å². The molecule has 6 heteroatoms. The van der Waals surface area contributed by atoms with Gasteiger partial charge in [-0.05, 0) is 68.7 Å². The third kappa shape index (κ3) is 3.93. The van der Waals surface area contributed by atoms with Gasteiger partial charge in [0.2, 0.25) is 11.8 Å². The van der Waals surface area contributed by atoms with Crippen LogP contribution in [0.5, 0.6) is 0 Å². The Morgan fingerprint density at radius 2 is 1.75 bits per heavy atom. The van der Waals surface area contributed by atoms with E-state index >= 15 is 0 Å². The number of nitrogens with zero attached hydrogens (tertiary/aromatic N) is 2. The summed E-state index contributed by atoms with van der Waals surface area (Å²) in [5.74, 6) is 0.504. The molecule has 152 valence electrons. The van der Waals surface area contributed by atoms with E-state index in [4.69, 9.17) is 4.74 Å². The molecule has 2 amide bonds. The minimum atomic E-state index is -0.373. The van der Waals surface area contributed by atoms with E-state index in [1.54, 1.807) is 12.1 Å². The molecule has 1 aromatic rings. The van der Waals surface area contributed by atoms with Crippen LogP contribution >= 0.6 is 0 Å². The molecule has 0 atom stereocenters. The van der Waals surface area contributed by atoms with Gasteiger partial charge in [-0.2, -0.15) is 0 Å². The summed E-state index contributed by atoms with van der Waals surface area (Å²) in [6.07, 6.45) is 5.81. The monoisotopic (exact) mass is 388 g/mol. The Balaban J connectivity index is 1.37. The van der Waals surface area contributed by atoms with Crippen molar-refractivity contribution in [3.63, 3.8) is 0 Å². The van der Waals surface area contributed by atoms with Gasteiger partial charge in [0.1, 0.15) is 5.82 Å². The standard InChI is InChI=1S/C22H29FN2O3/c23-18-2-4-19(5-3-18)25-11-1-8-22(21(25)27)9-12-24(13-10-22)20(26)16-17-6-14-28-15-7-17/h2-5,17H,1,6-16H2. The molecular formula is C22H29FN2O3. The smallest absolute Gasteiger partial charge is 0.233 e. The van der Waals surface area contributed by atoms with E-state index in [-0.39, 0.29) is 23.0 Å². The highest BCUT2D eigenvalue weighted by Gasteiger charge is 2.46. The first-order chi connectivity index (χ1) is 13.6. The van der Waals surface area contributed by atoms with Crippen molar-refractivity contribution >= 4 is 17.5 Å². The minimum Gasteiger partial charge on any atom is -0.381 e. The highest BCUT2D eigenvalue weighted by molar-refractivity contribution is 5.98. The summed E-state index contributed by atoms with van der Waals surface area (Å²) in [7, 11) is 0. The number of piperidine rings is 2. The van der Waals surface area contributed by atoms with Crippen LogP contribution in [0.1, 0.15) is 44.9 Å². The summed E-state index contributed by atoms with van der Waals surface area (Å²) in [6.45, 7) is 3.51. The zero-order valence-corrected chi connectivity index (χ0v) is 16.4. The number of rotatable bonds is 3. The Labute approximate surface area is 165 Å². The third-order valence-electron chi connectivity index (χ3n) is 6.75. The fourth-order valence-electron chi connectivity index (χ4n) is 4.91. The van der Waals surface area contributed by atoms with E-state index in [9.17, 15) is 14.0 Å². The van der Waals surface area contributed by atoms with Crippen molar-refractivity contribution in [2.45, 2.75) is 44.9 Å². The second-order valence-electron chi connectivity index (χ2n) is 8.46. The van der Waals surface area contributed by atoms with Gasteiger partial charge >= 0.3 is 0 Å². The minimum absolute atomic E-state index is 0.141. The van der Waals surface area contributed by atoms with Crippen molar-refractivity contribution in [2.75, 3.05) is 37.7 Å². The number of hydrogen-bond donors (Lipinski definition) is 0. The predicted molar refractivity (Wildman–Crippen MR) is 104 cm³/mol. The quantitative estimate of drug-likeness (QED) is 0.798. The molecule has 3 aliphatic rings. The highest BCUT2D eigenvalue weighted by atomic mass is 19.1. The summed E-state index contributed by atoms with van der Waals surface area (Å²) in [5, 5.41) is 0. The topological polar surface area (TPSA) is 49.9 Å². The molecule has 0 N–H and O–H groups in total. The lowest BCUT2D eigenvalue weighted by molar-refractivity contribution is -0.141. The molecule has 1 aromatic carbocycles. The molecule has 5 nitrogen and oxygen atoms in total. The maximum absolute atomic E-state index is 13.3. The van der Waals surface area contributed by atoms with E-state index in [0.29, 0.717) is 32.0 Å². The third-order valence-corrected chi connectivity index (χ3v) is 6.75. The van der Waals surface area contributed by atoms with Crippen LogP contribution in [0.15, 0.2) is 24.3 Å². The van der Waals surface area contributed by atoms with E-state index in [1.807, 2.05) is 9.80 Å². The summed E-state index contributed by atoms with van der Waals surface area (Å²) in [6, 6.07) is 6.17. The van der Waals surface area contributed by atoms with Crippen LogP contribution in [0.2, 0.25) is 0 Å². The summed E-state index contributed by atoms with van der Waals surface area (Å²) < 4.78 is 18.6. The number of hydrogen-bond acceptors (Lipinski definition) is 3. The first-order valence-corrected chi connectivity index (χ1v) is 10.5. The largest absolute Gasteiger partial charge is 0.381 e. The number of ether oxygens (including phenoxy) is 1. The maximum Gasteiger partial charge on any atom is 0.233 e. The second kappa shape index (κ2) is 8.19. The molecule has 3 fully saturated rings. The molecule has 0 bridgehead atoms. The number of anilines is 1. The second-order valence-corrected chi connectivity index (χ2v) is 8.46. The maximum atomic E-state index is 13.3. The molecule has 1 spiro atoms. The van der Waals surface area contributed by atoms with Gasteiger partial charge in [-0.1, -0.05) is 0 Å². The van der Waals surface area contributed by atoms with Gasteiger partial charge in [0.25, 0.3) is 0 Å². The van der Waals surface area contributed by atoms with Crippen molar-refractivity contribution in [1.29, 1.82) is 0 Å². The lowest BCUT2D eigenvalue weighted by atomic mass is 9.71. The molecule has 0 radical (unpaired) electrons. The summed E-state index contributed by atoms with van der Waals surface area (Å²) in [4.78, 5) is 29.7. The Hall–Kier alpha value is -1.95. The average Bonchev–Trinajstić information content (AvgIpc) is 2.72. The van der Waals surface area contributed by atoms with Crippen LogP contribution in [0.25, 0.3) is 0 Å². The number of benzene rings is 1. The van der Waals surface area contributed by atoms with Crippen LogP contribution in [-0.4, -0.2) is 49.6 Å². The average molecular weight is 388 g/mol. The Morgan fingerprint density at radius 3 is 2.43 bits per heavy atom. The zero-order chi connectivity index (χ0) is 19.6. The van der Waals surface area contributed by atoms with E-state index < -0.39 is 0 Å². The lowest BCUT2D eigenvalue weighted by Crippen LogP contribution is -2.54. The molecule has 0 saturated carbocycles. The van der Waals surface area contributed by atoms with Crippen LogP contribution in [-0.2, 0) is 14.3 Å². The molecule has 3 aliphatic heterocycles. The van der Waals surface area contributed by atoms with Gasteiger partial charge in [-0.15, -0.1) is 0 Å². The molecular weight excluding hydrogens is 359 g/mol. The van der Waals surface area contributed by atoms with Crippen molar-refractivity contribution in [2.24, 2.45) is 11.3 Å². The van der Waals surface area contributed by atoms with Crippen LogP contribution < -0.4 is 4.90 Å². The Kier molecular flexibility index (Phi) is 5.67. The molecule has 3 heterocycles. The van der Waals surface area contributed by atoms with Crippen molar-refractivity contribution in [1.82, 2.24) is 4.90 Å². The molecule has 0 aliphatic carbocycles. The Bertz CT molecular complexity index is 707. The van der Waals surface area contributed by atoms with E-state index in [1.165, 1.54) is 12.1 Å². The van der Waals surface area contributed by atoms with Gasteiger partial charge in [-0.3, -0.25) is 9.59 Å². The fourth-order valence-corrected chi connectivity index (χ4v) is 4.91. The molecule has 0 aromatic heterocycles. The number of carbonyl (C=O) groups excluding carboxylic acids is 2. The first kappa shape index (κ1) is 19.4. The van der Waals surface area contributed by atoms with Crippen LogP contribution in [0.3, 0.4) is 0 Å². The molecule has 3 saturated heterocycles. The van der Waals surface area contributed by atoms with Gasteiger partial charge < -0.3 is 14.5 Å². The van der Waals surface area contributed by atoms with Crippen LogP contribution in [0, 0.1) is 17.2 Å². The summed E-state index contributed by atoms with van der Waals surface area (Å²) in [5.41, 5.74) is 0.394. The normalized spacial score (nSPS) is 23.2. The predicted octanol–water partition coefficient (Wildman–Crippen LogP) is 3.38. The number of likely N-dealkylation sites (tertiary alicyclic amines) is 1.